The molecule has 0 radical (unpaired) electrons. The predicted molar refractivity (Wildman–Crippen MR) is 117 cm³/mol. The molecule has 1 fully saturated rings. The van der Waals surface area contributed by atoms with Crippen LogP contribution in [0.4, 0.5) is 5.95 Å². The largest absolute Gasteiger partial charge is 0.380 e. The lowest BCUT2D eigenvalue weighted by molar-refractivity contribution is -0.140. The van der Waals surface area contributed by atoms with Gasteiger partial charge in [0.05, 0.1) is 11.7 Å². The number of anilines is 1. The van der Waals surface area contributed by atoms with E-state index in [4.69, 9.17) is 4.98 Å². The molecular weight excluding hydrogens is 376 g/mol. The number of carbonyl (C=O) groups excluding carboxylic acids is 1. The van der Waals surface area contributed by atoms with Crippen molar-refractivity contribution in [2.45, 2.75) is 70.6 Å². The van der Waals surface area contributed by atoms with Crippen LogP contribution < -0.4 is 10.2 Å². The Morgan fingerprint density at radius 2 is 1.93 bits per heavy atom. The Kier molecular flexibility index (Phi) is 5.53. The van der Waals surface area contributed by atoms with Crippen LogP contribution in [0.2, 0.25) is 0 Å². The molecule has 1 aromatic carbocycles. The number of nitrogens with zero attached hydrogens (tertiary/aromatic N) is 3. The first-order valence-electron chi connectivity index (χ1n) is 10.9. The molecule has 2 aliphatic rings. The summed E-state index contributed by atoms with van der Waals surface area (Å²) in [6.07, 6.45) is 6.40. The molecule has 0 aliphatic heterocycles. The zero-order valence-corrected chi connectivity index (χ0v) is 18.2. The van der Waals surface area contributed by atoms with Crippen molar-refractivity contribution in [2.75, 3.05) is 11.9 Å². The van der Waals surface area contributed by atoms with Gasteiger partial charge in [-0.2, -0.15) is 0 Å². The molecule has 160 valence electrons. The van der Waals surface area contributed by atoms with Crippen LogP contribution in [0.1, 0.15) is 68.8 Å². The summed E-state index contributed by atoms with van der Waals surface area (Å²) in [5.41, 5.74) is 1.95. The monoisotopic (exact) mass is 408 g/mol. The zero-order valence-electron chi connectivity index (χ0n) is 18.2. The van der Waals surface area contributed by atoms with Gasteiger partial charge in [-0.25, -0.2) is 9.97 Å². The van der Waals surface area contributed by atoms with E-state index in [9.17, 15) is 9.90 Å². The molecule has 1 heterocycles. The van der Waals surface area contributed by atoms with Crippen LogP contribution in [-0.4, -0.2) is 33.6 Å². The number of hydrogen-bond donors (Lipinski definition) is 2. The van der Waals surface area contributed by atoms with E-state index in [0.29, 0.717) is 18.8 Å². The Balaban J connectivity index is 1.56. The number of amides is 1. The van der Waals surface area contributed by atoms with Gasteiger partial charge in [0.1, 0.15) is 5.60 Å². The van der Waals surface area contributed by atoms with Crippen LogP contribution in [-0.2, 0) is 17.8 Å². The first-order chi connectivity index (χ1) is 14.3. The van der Waals surface area contributed by atoms with E-state index >= 15 is 0 Å². The van der Waals surface area contributed by atoms with Gasteiger partial charge in [-0.1, -0.05) is 44.2 Å². The lowest BCUT2D eigenvalue weighted by Crippen LogP contribution is -2.48. The Bertz CT molecular complexity index is 907. The molecule has 1 saturated carbocycles. The molecule has 6 nitrogen and oxygen atoms in total. The number of hydrogen-bond acceptors (Lipinski definition) is 5. The first kappa shape index (κ1) is 20.8. The third-order valence-corrected chi connectivity index (χ3v) is 6.43. The molecule has 0 saturated heterocycles. The minimum absolute atomic E-state index is 0.00681. The van der Waals surface area contributed by atoms with Gasteiger partial charge < -0.3 is 15.3 Å². The summed E-state index contributed by atoms with van der Waals surface area (Å²) in [6.45, 7) is 5.14. The summed E-state index contributed by atoms with van der Waals surface area (Å²) in [5, 5.41) is 13.8. The summed E-state index contributed by atoms with van der Waals surface area (Å²) in [6, 6.07) is 10.1. The summed E-state index contributed by atoms with van der Waals surface area (Å²) >= 11 is 0. The van der Waals surface area contributed by atoms with Crippen molar-refractivity contribution < 1.29 is 9.90 Å². The quantitative estimate of drug-likeness (QED) is 0.791. The van der Waals surface area contributed by atoms with Gasteiger partial charge in [-0.05, 0) is 49.5 Å². The lowest BCUT2D eigenvalue weighted by atomic mass is 9.74. The van der Waals surface area contributed by atoms with Crippen molar-refractivity contribution in [3.8, 4) is 0 Å². The van der Waals surface area contributed by atoms with Crippen LogP contribution in [0.5, 0.6) is 0 Å². The van der Waals surface area contributed by atoms with Gasteiger partial charge in [0.15, 0.2) is 0 Å². The molecule has 1 amide bonds. The van der Waals surface area contributed by atoms with E-state index < -0.39 is 5.60 Å². The van der Waals surface area contributed by atoms with Crippen LogP contribution in [0, 0.1) is 5.41 Å². The number of aliphatic hydroxyl groups is 1. The summed E-state index contributed by atoms with van der Waals surface area (Å²) in [7, 11) is 2.00. The Labute approximate surface area is 178 Å². The maximum atomic E-state index is 12.8. The number of aromatic nitrogens is 2. The second-order valence-corrected chi connectivity index (χ2v) is 9.72. The highest BCUT2D eigenvalue weighted by atomic mass is 16.3. The lowest BCUT2D eigenvalue weighted by Gasteiger charge is -2.38. The molecule has 1 atom stereocenters. The van der Waals surface area contributed by atoms with Crippen molar-refractivity contribution in [3.63, 3.8) is 0 Å². The van der Waals surface area contributed by atoms with Gasteiger partial charge >= 0.3 is 0 Å². The Morgan fingerprint density at radius 1 is 1.23 bits per heavy atom. The van der Waals surface area contributed by atoms with E-state index in [1.807, 2.05) is 36.3 Å². The molecule has 4 rings (SSSR count). The molecule has 2 N–H and O–H groups in total. The predicted octanol–water partition coefficient (Wildman–Crippen LogP) is 3.55. The van der Waals surface area contributed by atoms with Gasteiger partial charge in [0.25, 0.3) is 5.91 Å². The van der Waals surface area contributed by atoms with E-state index in [1.54, 1.807) is 0 Å². The van der Waals surface area contributed by atoms with Gasteiger partial charge in [0.2, 0.25) is 5.95 Å². The number of rotatable bonds is 5. The van der Waals surface area contributed by atoms with E-state index in [0.717, 1.165) is 43.5 Å². The highest BCUT2D eigenvalue weighted by molar-refractivity contribution is 5.85. The van der Waals surface area contributed by atoms with Crippen LogP contribution in [0.25, 0.3) is 0 Å². The second kappa shape index (κ2) is 7.99. The molecule has 0 spiro atoms. The summed E-state index contributed by atoms with van der Waals surface area (Å²) < 4.78 is 0. The van der Waals surface area contributed by atoms with E-state index in [-0.39, 0.29) is 17.4 Å². The first-order valence-corrected chi connectivity index (χ1v) is 10.9. The van der Waals surface area contributed by atoms with Crippen LogP contribution >= 0.6 is 0 Å². The molecule has 6 heteroatoms. The molecule has 1 aromatic heterocycles. The third-order valence-electron chi connectivity index (χ3n) is 6.43. The maximum Gasteiger partial charge on any atom is 0.252 e. The highest BCUT2D eigenvalue weighted by Gasteiger charge is 2.42. The van der Waals surface area contributed by atoms with Crippen LogP contribution in [0.3, 0.4) is 0 Å². The molecule has 30 heavy (non-hydrogen) atoms. The SMILES string of the molecule is CN(Cc1ccccc1)c1ncc2c(n1)CC(C)(C)C[C@@H]2NC(=O)C1(O)CCCC1. The fourth-order valence-electron chi connectivity index (χ4n) is 4.76. The van der Waals surface area contributed by atoms with Crippen molar-refractivity contribution in [2.24, 2.45) is 5.41 Å². The normalized spacial score (nSPS) is 21.7. The number of benzene rings is 1. The van der Waals surface area contributed by atoms with Crippen molar-refractivity contribution in [1.82, 2.24) is 15.3 Å². The number of carbonyl (C=O) groups is 1. The fourth-order valence-corrected chi connectivity index (χ4v) is 4.76. The minimum atomic E-state index is -1.22. The topological polar surface area (TPSA) is 78.4 Å². The Morgan fingerprint density at radius 3 is 2.63 bits per heavy atom. The van der Waals surface area contributed by atoms with Gasteiger partial charge in [-0.3, -0.25) is 4.79 Å². The second-order valence-electron chi connectivity index (χ2n) is 9.72. The average molecular weight is 409 g/mol. The third kappa shape index (κ3) is 4.33. The number of nitrogens with one attached hydrogen (secondary N) is 1. The fraction of sp³-hybridized carbons (Fsp3) is 0.542. The molecule has 0 bridgehead atoms. The number of fused-ring (bicyclic) bond motifs is 1. The van der Waals surface area contributed by atoms with Gasteiger partial charge in [-0.15, -0.1) is 0 Å². The Hall–Kier alpha value is -2.47. The van der Waals surface area contributed by atoms with E-state index in [2.05, 4.69) is 36.3 Å². The average Bonchev–Trinajstić information content (AvgIpc) is 3.15. The van der Waals surface area contributed by atoms with Crippen molar-refractivity contribution in [1.29, 1.82) is 0 Å². The summed E-state index contributed by atoms with van der Waals surface area (Å²) in [4.78, 5) is 24.4. The summed E-state index contributed by atoms with van der Waals surface area (Å²) in [5.74, 6) is 0.439. The highest BCUT2D eigenvalue weighted by Crippen LogP contribution is 2.41. The molecular formula is C24H32N4O2. The molecule has 0 unspecified atom stereocenters. The van der Waals surface area contributed by atoms with E-state index in [1.165, 1.54) is 5.56 Å². The maximum absolute atomic E-state index is 12.8. The molecule has 2 aliphatic carbocycles. The minimum Gasteiger partial charge on any atom is -0.380 e. The smallest absolute Gasteiger partial charge is 0.252 e. The van der Waals surface area contributed by atoms with Crippen molar-refractivity contribution >= 4 is 11.9 Å². The van der Waals surface area contributed by atoms with Crippen LogP contribution in [0.15, 0.2) is 36.5 Å². The standard InChI is InChI=1S/C24H32N4O2/c1-23(2)13-19(26-21(29)24(30)11-7-8-12-24)18-15-25-22(27-20(18)14-23)28(3)16-17-9-5-4-6-10-17/h4-6,9-10,15,19,30H,7-8,11-14,16H2,1-3H3,(H,26,29)/t19-/m0/s1. The zero-order chi connectivity index (χ0) is 21.4. The van der Waals surface area contributed by atoms with Gasteiger partial charge in [0, 0.05) is 25.4 Å². The molecule has 2 aromatic rings. The van der Waals surface area contributed by atoms with Crippen molar-refractivity contribution in [3.05, 3.63) is 53.3 Å².